The number of nitrogens with two attached hydrogens (primary N) is 1. The minimum Gasteiger partial charge on any atom is -0.484 e. The third-order valence-corrected chi connectivity index (χ3v) is 2.45. The fourth-order valence-electron chi connectivity index (χ4n) is 1.39. The van der Waals surface area contributed by atoms with Crippen LogP contribution in [-0.4, -0.2) is 49.5 Å². The lowest BCUT2D eigenvalue weighted by atomic mass is 10.2. The summed E-state index contributed by atoms with van der Waals surface area (Å²) in [6, 6.07) is 4.05. The van der Waals surface area contributed by atoms with Crippen molar-refractivity contribution in [2.24, 2.45) is 0 Å². The van der Waals surface area contributed by atoms with Crippen molar-refractivity contribution < 1.29 is 14.5 Å². The number of hydrogen-bond donors (Lipinski definition) is 2. The molecule has 0 radical (unpaired) electrons. The van der Waals surface area contributed by atoms with E-state index < -0.39 is 4.92 Å². The Kier molecular flexibility index (Phi) is 5.73. The van der Waals surface area contributed by atoms with Gasteiger partial charge in [-0.15, -0.1) is 0 Å². The second-order valence-corrected chi connectivity index (χ2v) is 4.42. The van der Waals surface area contributed by atoms with Crippen LogP contribution in [0.15, 0.2) is 18.2 Å². The van der Waals surface area contributed by atoms with E-state index in [0.29, 0.717) is 6.54 Å². The molecule has 1 amide bonds. The number of nitrogens with one attached hydrogen (secondary N) is 1. The summed E-state index contributed by atoms with van der Waals surface area (Å²) in [5.74, 6) is -0.0556. The van der Waals surface area contributed by atoms with Gasteiger partial charge in [-0.3, -0.25) is 14.9 Å². The van der Waals surface area contributed by atoms with Gasteiger partial charge in [0.15, 0.2) is 6.61 Å². The second-order valence-electron chi connectivity index (χ2n) is 4.42. The highest BCUT2D eigenvalue weighted by molar-refractivity contribution is 5.77. The number of rotatable bonds is 7. The summed E-state index contributed by atoms with van der Waals surface area (Å²) in [7, 11) is 3.80. The summed E-state index contributed by atoms with van der Waals surface area (Å²) >= 11 is 0. The van der Waals surface area contributed by atoms with Crippen molar-refractivity contribution in [2.75, 3.05) is 39.5 Å². The van der Waals surface area contributed by atoms with Crippen molar-refractivity contribution in [3.05, 3.63) is 28.3 Å². The molecule has 110 valence electrons. The molecule has 8 nitrogen and oxygen atoms in total. The first-order valence-corrected chi connectivity index (χ1v) is 5.98. The molecule has 0 saturated carbocycles. The summed E-state index contributed by atoms with van der Waals surface area (Å²) < 4.78 is 5.19. The minimum absolute atomic E-state index is 0.0535. The molecule has 8 heteroatoms. The van der Waals surface area contributed by atoms with Gasteiger partial charge >= 0.3 is 0 Å². The Balaban J connectivity index is 2.47. The van der Waals surface area contributed by atoms with Crippen molar-refractivity contribution in [3.8, 4) is 5.75 Å². The van der Waals surface area contributed by atoms with E-state index in [4.69, 9.17) is 10.5 Å². The molecule has 0 atom stereocenters. The number of nitro benzene ring substituents is 1. The highest BCUT2D eigenvalue weighted by Gasteiger charge is 2.13. The van der Waals surface area contributed by atoms with Gasteiger partial charge in [-0.2, -0.15) is 0 Å². The molecular weight excluding hydrogens is 264 g/mol. The number of carbonyl (C=O) groups excluding carboxylic acids is 1. The molecule has 1 aromatic rings. The Morgan fingerprint density at radius 1 is 1.50 bits per heavy atom. The molecule has 0 saturated heterocycles. The lowest BCUT2D eigenvalue weighted by Crippen LogP contribution is -2.34. The van der Waals surface area contributed by atoms with E-state index in [0.717, 1.165) is 6.54 Å². The predicted molar refractivity (Wildman–Crippen MR) is 74.6 cm³/mol. The molecule has 0 aliphatic rings. The number of benzene rings is 1. The number of likely N-dealkylation sites (N-methyl/N-ethyl adjacent to an activating group) is 1. The third kappa shape index (κ3) is 5.11. The van der Waals surface area contributed by atoms with Gasteiger partial charge in [-0.25, -0.2) is 0 Å². The normalized spacial score (nSPS) is 10.3. The van der Waals surface area contributed by atoms with Crippen LogP contribution >= 0.6 is 0 Å². The van der Waals surface area contributed by atoms with E-state index in [1.54, 1.807) is 0 Å². The monoisotopic (exact) mass is 282 g/mol. The maximum absolute atomic E-state index is 11.5. The molecule has 3 N–H and O–H groups in total. The van der Waals surface area contributed by atoms with Gasteiger partial charge in [0.05, 0.1) is 11.0 Å². The molecule has 0 aliphatic heterocycles. The van der Waals surface area contributed by atoms with Crippen LogP contribution in [0.5, 0.6) is 5.75 Å². The molecule has 0 fully saturated rings. The van der Waals surface area contributed by atoms with Gasteiger partial charge in [0, 0.05) is 13.1 Å². The first-order valence-electron chi connectivity index (χ1n) is 5.98. The molecular formula is C12H18N4O4. The Morgan fingerprint density at radius 2 is 2.20 bits per heavy atom. The van der Waals surface area contributed by atoms with Crippen molar-refractivity contribution in [1.82, 2.24) is 10.2 Å². The number of anilines is 1. The van der Waals surface area contributed by atoms with Gasteiger partial charge < -0.3 is 20.7 Å². The number of carbonyl (C=O) groups is 1. The van der Waals surface area contributed by atoms with E-state index in [9.17, 15) is 14.9 Å². The number of nitrogen functional groups attached to an aromatic ring is 1. The molecule has 0 aliphatic carbocycles. The van der Waals surface area contributed by atoms with Gasteiger partial charge in [0.1, 0.15) is 11.4 Å². The Morgan fingerprint density at radius 3 is 2.80 bits per heavy atom. The molecule has 0 unspecified atom stereocenters. The molecule has 0 aromatic heterocycles. The number of ether oxygens (including phenoxy) is 1. The number of amides is 1. The predicted octanol–water partition coefficient (Wildman–Crippen LogP) is 0.234. The smallest absolute Gasteiger partial charge is 0.295 e. The van der Waals surface area contributed by atoms with Crippen molar-refractivity contribution in [3.63, 3.8) is 0 Å². The Hall–Kier alpha value is -2.35. The lowest BCUT2D eigenvalue weighted by Gasteiger charge is -2.11. The van der Waals surface area contributed by atoms with Gasteiger partial charge in [0.25, 0.3) is 11.6 Å². The molecule has 0 bridgehead atoms. The fourth-order valence-corrected chi connectivity index (χ4v) is 1.39. The topological polar surface area (TPSA) is 111 Å². The van der Waals surface area contributed by atoms with Crippen molar-refractivity contribution in [2.45, 2.75) is 0 Å². The second kappa shape index (κ2) is 7.29. The summed E-state index contributed by atoms with van der Waals surface area (Å²) in [6.07, 6.45) is 0. The SMILES string of the molecule is CN(C)CCNC(=O)COc1ccc(N)c([N+](=O)[O-])c1. The number of nitrogens with zero attached hydrogens (tertiary/aromatic N) is 2. The van der Waals surface area contributed by atoms with Gasteiger partial charge in [-0.05, 0) is 26.2 Å². The maximum Gasteiger partial charge on any atom is 0.295 e. The van der Waals surface area contributed by atoms with Crippen LogP contribution in [0.2, 0.25) is 0 Å². The van der Waals surface area contributed by atoms with Crippen LogP contribution in [0.1, 0.15) is 0 Å². The fraction of sp³-hybridized carbons (Fsp3) is 0.417. The quantitative estimate of drug-likeness (QED) is 0.421. The van der Waals surface area contributed by atoms with Crippen molar-refractivity contribution >= 4 is 17.3 Å². The zero-order valence-corrected chi connectivity index (χ0v) is 11.5. The molecule has 0 spiro atoms. The Labute approximate surface area is 116 Å². The first-order chi connectivity index (χ1) is 9.40. The van der Waals surface area contributed by atoms with E-state index in [-0.39, 0.29) is 29.6 Å². The summed E-state index contributed by atoms with van der Waals surface area (Å²) in [5, 5.41) is 13.4. The van der Waals surface area contributed by atoms with Crippen LogP contribution in [0.25, 0.3) is 0 Å². The largest absolute Gasteiger partial charge is 0.484 e. The van der Waals surface area contributed by atoms with E-state index in [2.05, 4.69) is 5.32 Å². The van der Waals surface area contributed by atoms with Crippen molar-refractivity contribution in [1.29, 1.82) is 0 Å². The first kappa shape index (κ1) is 15.7. The van der Waals surface area contributed by atoms with Gasteiger partial charge in [0.2, 0.25) is 0 Å². The molecule has 20 heavy (non-hydrogen) atoms. The highest BCUT2D eigenvalue weighted by atomic mass is 16.6. The van der Waals surface area contributed by atoms with Crippen LogP contribution in [0.4, 0.5) is 11.4 Å². The average molecular weight is 282 g/mol. The van der Waals surface area contributed by atoms with E-state index >= 15 is 0 Å². The molecule has 1 rings (SSSR count). The number of hydrogen-bond acceptors (Lipinski definition) is 6. The lowest BCUT2D eigenvalue weighted by molar-refractivity contribution is -0.384. The summed E-state index contributed by atoms with van der Waals surface area (Å²) in [6.45, 7) is 1.03. The van der Waals surface area contributed by atoms with E-state index in [1.165, 1.54) is 18.2 Å². The average Bonchev–Trinajstić information content (AvgIpc) is 2.37. The van der Waals surface area contributed by atoms with Crippen LogP contribution < -0.4 is 15.8 Å². The van der Waals surface area contributed by atoms with E-state index in [1.807, 2.05) is 19.0 Å². The minimum atomic E-state index is -0.598. The summed E-state index contributed by atoms with van der Waals surface area (Å²) in [5.41, 5.74) is 5.27. The zero-order valence-electron chi connectivity index (χ0n) is 11.5. The standard InChI is InChI=1S/C12H18N4O4/c1-15(2)6-5-14-12(17)8-20-9-3-4-10(13)11(7-9)16(18)19/h3-4,7H,5-6,8,13H2,1-2H3,(H,14,17). The molecule has 0 heterocycles. The third-order valence-electron chi connectivity index (χ3n) is 2.45. The van der Waals surface area contributed by atoms with Gasteiger partial charge in [-0.1, -0.05) is 0 Å². The highest BCUT2D eigenvalue weighted by Crippen LogP contribution is 2.26. The molecule has 1 aromatic carbocycles. The Bertz CT molecular complexity index is 490. The van der Waals surface area contributed by atoms with Crippen LogP contribution in [0, 0.1) is 10.1 Å². The van der Waals surface area contributed by atoms with Crippen LogP contribution in [0.3, 0.4) is 0 Å². The van der Waals surface area contributed by atoms with Crippen LogP contribution in [-0.2, 0) is 4.79 Å². The summed E-state index contributed by atoms with van der Waals surface area (Å²) in [4.78, 5) is 23.5. The maximum atomic E-state index is 11.5. The number of nitro groups is 1. The zero-order chi connectivity index (χ0) is 15.1.